The van der Waals surface area contributed by atoms with E-state index in [1.54, 1.807) is 0 Å². The van der Waals surface area contributed by atoms with E-state index < -0.39 is 11.9 Å². The molecule has 5 rings (SSSR count). The second-order valence-corrected chi connectivity index (χ2v) is 11.2. The Labute approximate surface area is 272 Å². The summed E-state index contributed by atoms with van der Waals surface area (Å²) in [5, 5.41) is 18.9. The molecule has 0 atom stereocenters. The molecular weight excluding hydrogens is 599 g/mol. The number of aliphatic carboxylic acids is 2. The summed E-state index contributed by atoms with van der Waals surface area (Å²) in [5.74, 6) is -1.74. The number of nitrogens with one attached hydrogen (secondary N) is 2. The molecule has 0 amide bonds. The first-order chi connectivity index (χ1) is 20.0. The minimum Gasteiger partial charge on any atom is -1.00 e. The zero-order valence-electron chi connectivity index (χ0n) is 27.9. The van der Waals surface area contributed by atoms with Gasteiger partial charge in [-0.25, -0.2) is 9.97 Å². The van der Waals surface area contributed by atoms with Crippen molar-refractivity contribution in [1.82, 2.24) is 19.9 Å². The monoisotopic (exact) mass is 638 g/mol. The molecule has 0 spiro atoms. The van der Waals surface area contributed by atoms with Crippen LogP contribution in [0.1, 0.15) is 101 Å². The van der Waals surface area contributed by atoms with Gasteiger partial charge in [0.2, 0.25) is 0 Å². The molecule has 234 valence electrons. The molecule has 8 bridgehead atoms. The first-order valence-electron chi connectivity index (χ1n) is 14.6. The number of rotatable bonds is 8. The fraction of sp³-hybridized carbons (Fsp3) is 0.353. The third-order valence-corrected chi connectivity index (χ3v) is 8.69. The maximum absolute atomic E-state index is 11.5. The molecule has 5 heterocycles. The number of aromatic nitrogens is 4. The van der Waals surface area contributed by atoms with Crippen LogP contribution < -0.4 is 24.8 Å². The van der Waals surface area contributed by atoms with E-state index in [9.17, 15) is 19.8 Å². The van der Waals surface area contributed by atoms with Crippen molar-refractivity contribution in [3.8, 4) is 0 Å². The van der Waals surface area contributed by atoms with Crippen molar-refractivity contribution in [2.75, 3.05) is 0 Å². The fourth-order valence-corrected chi connectivity index (χ4v) is 6.22. The third kappa shape index (κ3) is 6.47. The molecule has 10 heteroatoms. The highest BCUT2D eigenvalue weighted by Crippen LogP contribution is 2.38. The van der Waals surface area contributed by atoms with Gasteiger partial charge in [0, 0.05) is 34.9 Å². The Bertz CT molecular complexity index is 1880. The van der Waals surface area contributed by atoms with E-state index in [0.29, 0.717) is 24.2 Å². The van der Waals surface area contributed by atoms with Crippen LogP contribution in [0.25, 0.3) is 44.4 Å². The zero-order valence-corrected chi connectivity index (χ0v) is 27.4. The number of H-pyrrole nitrogens is 2. The summed E-state index contributed by atoms with van der Waals surface area (Å²) in [6.07, 6.45) is 2.37. The lowest BCUT2D eigenvalue weighted by Gasteiger charge is -2.05. The molecule has 0 saturated carbocycles. The van der Waals surface area contributed by atoms with Gasteiger partial charge in [0.05, 0.1) is 22.8 Å². The van der Waals surface area contributed by atoms with E-state index in [1.165, 1.54) is 16.7 Å². The van der Waals surface area contributed by atoms with Crippen LogP contribution in [0.4, 0.5) is 0 Å². The minimum absolute atomic E-state index is 0. The number of fused-ring (bicyclic) bond motifs is 8. The molecule has 0 aliphatic carbocycles. The summed E-state index contributed by atoms with van der Waals surface area (Å²) in [7, 11) is 0. The van der Waals surface area contributed by atoms with Crippen molar-refractivity contribution in [1.29, 1.82) is 0 Å². The second kappa shape index (κ2) is 13.8. The summed E-state index contributed by atoms with van der Waals surface area (Å²) in [6.45, 7) is 12.5. The zero-order chi connectivity index (χ0) is 30.3. The first-order valence-corrected chi connectivity index (χ1v) is 14.6. The molecule has 8 nitrogen and oxygen atoms in total. The lowest BCUT2D eigenvalue weighted by atomic mass is 9.98. The molecular formula is C34H40Cl2N4O4. The Kier molecular flexibility index (Phi) is 10.9. The standard InChI is InChI=1S/C34H38N4O4.2ClH/c1-7-21-17(3)25-13-26-19(5)23(9-11-33(39)40)31(37-26)16-32-24(10-12-34(41)42)20(6)28(38-32)15-30-22(8-2)18(4)27(36-30)14-29(21)35-25;;/h13-16,35-36H,7-12H2,1-6H3,(H,39,40)(H,41,42);2*1H. The number of carboxylic acids is 2. The van der Waals surface area contributed by atoms with E-state index in [2.05, 4.69) is 49.8 Å². The maximum Gasteiger partial charge on any atom is 1.00 e. The second-order valence-electron chi connectivity index (χ2n) is 11.2. The van der Waals surface area contributed by atoms with Crippen LogP contribution in [0.15, 0.2) is 24.3 Å². The van der Waals surface area contributed by atoms with Crippen molar-refractivity contribution in [3.05, 3.63) is 69.3 Å². The van der Waals surface area contributed by atoms with Crippen molar-refractivity contribution in [3.63, 3.8) is 0 Å². The summed E-state index contributed by atoms with van der Waals surface area (Å²) in [5.41, 5.74) is 15.4. The van der Waals surface area contributed by atoms with E-state index in [4.69, 9.17) is 9.97 Å². The van der Waals surface area contributed by atoms with Crippen molar-refractivity contribution in [2.45, 2.75) is 80.1 Å². The molecule has 44 heavy (non-hydrogen) atoms. The number of nitrogens with zero attached hydrogens (tertiary/aromatic N) is 2. The predicted octanol–water partition coefficient (Wildman–Crippen LogP) is 1.88. The lowest BCUT2D eigenvalue weighted by molar-refractivity contribution is -0.137. The fourth-order valence-electron chi connectivity index (χ4n) is 6.22. The van der Waals surface area contributed by atoms with Crippen LogP contribution in [-0.4, -0.2) is 42.1 Å². The SMILES string of the molecule is CCc1c(C)c2cc3[nH]c(cc4nc(cc5nc(cc1[nH]2)C(C)=C5CCC(=O)O)C(CCC(=O)O)=C4C)c(C)c3CC.[Cl-].[Cl-].[H+].[H+]. The van der Waals surface area contributed by atoms with Gasteiger partial charge in [-0.05, 0) is 122 Å². The van der Waals surface area contributed by atoms with E-state index in [-0.39, 0.29) is 40.5 Å². The Morgan fingerprint density at radius 1 is 0.636 bits per heavy atom. The third-order valence-electron chi connectivity index (χ3n) is 8.69. The van der Waals surface area contributed by atoms with E-state index in [0.717, 1.165) is 74.2 Å². The van der Waals surface area contributed by atoms with Crippen molar-refractivity contribution >= 4 is 56.3 Å². The Hall–Kier alpha value is -3.88. The first kappa shape index (κ1) is 34.6. The van der Waals surface area contributed by atoms with Gasteiger partial charge in [0.25, 0.3) is 0 Å². The highest BCUT2D eigenvalue weighted by atomic mass is 35.5. The highest BCUT2D eigenvalue weighted by Gasteiger charge is 2.22. The highest BCUT2D eigenvalue weighted by molar-refractivity contribution is 5.96. The Balaban J connectivity index is 0.00000264. The normalized spacial score (nSPS) is 12.7. The predicted molar refractivity (Wildman–Crippen MR) is 170 cm³/mol. The lowest BCUT2D eigenvalue weighted by Crippen LogP contribution is -3.00. The Morgan fingerprint density at radius 3 is 1.43 bits per heavy atom. The van der Waals surface area contributed by atoms with Crippen LogP contribution >= 0.6 is 0 Å². The summed E-state index contributed by atoms with van der Waals surface area (Å²) >= 11 is 0. The summed E-state index contributed by atoms with van der Waals surface area (Å²) in [4.78, 5) is 40.3. The van der Waals surface area contributed by atoms with Crippen LogP contribution in [0.3, 0.4) is 0 Å². The summed E-state index contributed by atoms with van der Waals surface area (Å²) in [6, 6.07) is 8.19. The number of halogens is 2. The van der Waals surface area contributed by atoms with Gasteiger partial charge in [0.15, 0.2) is 0 Å². The number of allylic oxidation sites excluding steroid dienone is 4. The number of hydrogen-bond donors (Lipinski definition) is 4. The van der Waals surface area contributed by atoms with Gasteiger partial charge in [-0.1, -0.05) is 13.8 Å². The number of hydrogen-bond acceptors (Lipinski definition) is 4. The molecule has 0 saturated heterocycles. The molecule has 0 radical (unpaired) electrons. The molecule has 2 aliphatic heterocycles. The van der Waals surface area contributed by atoms with Crippen LogP contribution in [0, 0.1) is 13.8 Å². The average molecular weight is 640 g/mol. The number of carboxylic acid groups (broad SMARTS) is 2. The number of aromatic amines is 2. The van der Waals surface area contributed by atoms with Gasteiger partial charge in [0.1, 0.15) is 0 Å². The maximum atomic E-state index is 11.5. The topological polar surface area (TPSA) is 132 Å². The minimum atomic E-state index is -0.869. The number of carbonyl (C=O) groups is 2. The van der Waals surface area contributed by atoms with Crippen molar-refractivity contribution in [2.24, 2.45) is 0 Å². The van der Waals surface area contributed by atoms with Crippen LogP contribution in [0.5, 0.6) is 0 Å². The molecule has 4 N–H and O–H groups in total. The Morgan fingerprint density at radius 2 is 1.02 bits per heavy atom. The van der Waals surface area contributed by atoms with Gasteiger partial charge in [-0.3, -0.25) is 9.59 Å². The van der Waals surface area contributed by atoms with Crippen molar-refractivity contribution < 1.29 is 47.5 Å². The van der Waals surface area contributed by atoms with Gasteiger partial charge < -0.3 is 45.0 Å². The van der Waals surface area contributed by atoms with Gasteiger partial charge in [-0.15, -0.1) is 0 Å². The van der Waals surface area contributed by atoms with Gasteiger partial charge >= 0.3 is 14.8 Å². The quantitative estimate of drug-likeness (QED) is 0.298. The molecule has 3 aromatic rings. The number of aryl methyl sites for hydroxylation is 4. The van der Waals surface area contributed by atoms with Crippen LogP contribution in [0.2, 0.25) is 0 Å². The van der Waals surface area contributed by atoms with Gasteiger partial charge in [-0.2, -0.15) is 0 Å². The van der Waals surface area contributed by atoms with Crippen LogP contribution in [-0.2, 0) is 22.4 Å². The molecule has 2 aliphatic rings. The van der Waals surface area contributed by atoms with E-state index >= 15 is 0 Å². The van der Waals surface area contributed by atoms with E-state index in [1.807, 2.05) is 26.0 Å². The molecule has 0 fully saturated rings. The molecule has 0 unspecified atom stereocenters. The molecule has 3 aromatic heterocycles. The largest absolute Gasteiger partial charge is 1.00 e. The smallest absolute Gasteiger partial charge is 1.00 e. The summed E-state index contributed by atoms with van der Waals surface area (Å²) < 4.78 is 0. The average Bonchev–Trinajstić information content (AvgIpc) is 3.59. The molecule has 0 aromatic carbocycles.